The lowest BCUT2D eigenvalue weighted by Crippen LogP contribution is -2.20. The van der Waals surface area contributed by atoms with Crippen LogP contribution in [0.4, 0.5) is 0 Å². The van der Waals surface area contributed by atoms with Gasteiger partial charge in [0.2, 0.25) is 0 Å². The van der Waals surface area contributed by atoms with E-state index in [1.807, 2.05) is 11.3 Å². The molecule has 17 heavy (non-hydrogen) atoms. The quantitative estimate of drug-likeness (QED) is 0.598. The summed E-state index contributed by atoms with van der Waals surface area (Å²) in [4.78, 5) is 1.48. The van der Waals surface area contributed by atoms with E-state index in [1.165, 1.54) is 49.8 Å². The summed E-state index contributed by atoms with van der Waals surface area (Å²) < 4.78 is 0. The second-order valence-corrected chi connectivity index (χ2v) is 5.97. The second-order valence-electron chi connectivity index (χ2n) is 4.93. The fourth-order valence-corrected chi connectivity index (χ4v) is 2.84. The first kappa shape index (κ1) is 14.7. The molecule has 0 saturated carbocycles. The van der Waals surface area contributed by atoms with Crippen LogP contribution < -0.4 is 5.73 Å². The summed E-state index contributed by atoms with van der Waals surface area (Å²) in [6.07, 6.45) is 11.7. The van der Waals surface area contributed by atoms with Crippen molar-refractivity contribution in [3.05, 3.63) is 22.4 Å². The average Bonchev–Trinajstić information content (AvgIpc) is 2.84. The zero-order chi connectivity index (χ0) is 12.3. The Morgan fingerprint density at radius 2 is 1.88 bits per heavy atom. The van der Waals surface area contributed by atoms with Gasteiger partial charge in [-0.15, -0.1) is 11.3 Å². The number of nitrogens with two attached hydrogens (primary N) is 1. The summed E-state index contributed by atoms with van der Waals surface area (Å²) in [6, 6.07) is 4.74. The Morgan fingerprint density at radius 1 is 1.12 bits per heavy atom. The predicted octanol–water partition coefficient (Wildman–Crippen LogP) is 4.76. The van der Waals surface area contributed by atoms with Crippen molar-refractivity contribution >= 4 is 11.3 Å². The molecular weight excluding hydrogens is 226 g/mol. The molecule has 0 aliphatic heterocycles. The highest BCUT2D eigenvalue weighted by molar-refractivity contribution is 7.09. The normalized spacial score (nSPS) is 12.8. The van der Waals surface area contributed by atoms with Gasteiger partial charge < -0.3 is 5.73 Å². The van der Waals surface area contributed by atoms with Gasteiger partial charge in [0.25, 0.3) is 0 Å². The van der Waals surface area contributed by atoms with Crippen molar-refractivity contribution in [3.63, 3.8) is 0 Å². The van der Waals surface area contributed by atoms with E-state index in [-0.39, 0.29) is 0 Å². The molecule has 0 aliphatic rings. The zero-order valence-corrected chi connectivity index (χ0v) is 12.0. The molecule has 0 aromatic carbocycles. The van der Waals surface area contributed by atoms with E-state index in [0.29, 0.717) is 6.04 Å². The average molecular weight is 253 g/mol. The van der Waals surface area contributed by atoms with Crippen molar-refractivity contribution in [3.8, 4) is 0 Å². The Labute approximate surface area is 110 Å². The Kier molecular flexibility index (Phi) is 8.37. The molecule has 1 heterocycles. The molecule has 1 atom stereocenters. The third kappa shape index (κ3) is 7.56. The zero-order valence-electron chi connectivity index (χ0n) is 11.2. The van der Waals surface area contributed by atoms with Crippen LogP contribution in [0.25, 0.3) is 0 Å². The third-order valence-corrected chi connectivity index (χ3v) is 4.21. The van der Waals surface area contributed by atoms with Gasteiger partial charge in [-0.1, -0.05) is 51.5 Å². The van der Waals surface area contributed by atoms with Gasteiger partial charge in [0, 0.05) is 10.9 Å². The third-order valence-electron chi connectivity index (χ3n) is 3.27. The van der Waals surface area contributed by atoms with E-state index < -0.39 is 0 Å². The first-order chi connectivity index (χ1) is 8.33. The van der Waals surface area contributed by atoms with Gasteiger partial charge in [0.15, 0.2) is 0 Å². The summed E-state index contributed by atoms with van der Waals surface area (Å²) in [5, 5.41) is 2.15. The maximum Gasteiger partial charge on any atom is 0.00458 e. The molecule has 1 unspecified atom stereocenters. The SMILES string of the molecule is CCCCCCCCC(N)CCc1cccs1. The maximum atomic E-state index is 6.14. The number of rotatable bonds is 10. The summed E-state index contributed by atoms with van der Waals surface area (Å²) >= 11 is 1.85. The van der Waals surface area contributed by atoms with Crippen molar-refractivity contribution in [1.82, 2.24) is 0 Å². The van der Waals surface area contributed by atoms with Crippen LogP contribution >= 0.6 is 11.3 Å². The van der Waals surface area contributed by atoms with Crippen molar-refractivity contribution < 1.29 is 0 Å². The van der Waals surface area contributed by atoms with Gasteiger partial charge in [0.05, 0.1) is 0 Å². The van der Waals surface area contributed by atoms with Gasteiger partial charge in [-0.2, -0.15) is 0 Å². The predicted molar refractivity (Wildman–Crippen MR) is 78.6 cm³/mol. The fraction of sp³-hybridized carbons (Fsp3) is 0.733. The molecule has 98 valence electrons. The molecule has 0 aliphatic carbocycles. The highest BCUT2D eigenvalue weighted by atomic mass is 32.1. The van der Waals surface area contributed by atoms with Gasteiger partial charge in [-0.3, -0.25) is 0 Å². The van der Waals surface area contributed by atoms with Gasteiger partial charge in [-0.25, -0.2) is 0 Å². The van der Waals surface area contributed by atoms with E-state index in [9.17, 15) is 0 Å². The first-order valence-corrected chi connectivity index (χ1v) is 7.99. The smallest absolute Gasteiger partial charge is 0.00458 e. The number of unbranched alkanes of at least 4 members (excludes halogenated alkanes) is 5. The van der Waals surface area contributed by atoms with Crippen molar-refractivity contribution in [2.75, 3.05) is 0 Å². The van der Waals surface area contributed by atoms with Crippen molar-refractivity contribution in [2.45, 2.75) is 70.8 Å². The summed E-state index contributed by atoms with van der Waals surface area (Å²) in [7, 11) is 0. The maximum absolute atomic E-state index is 6.14. The molecule has 0 amide bonds. The van der Waals surface area contributed by atoms with E-state index >= 15 is 0 Å². The molecule has 2 heteroatoms. The van der Waals surface area contributed by atoms with E-state index in [1.54, 1.807) is 0 Å². The molecular formula is C15H27NS. The molecule has 0 saturated heterocycles. The number of thiophene rings is 1. The fourth-order valence-electron chi connectivity index (χ4n) is 2.11. The number of aryl methyl sites for hydroxylation is 1. The van der Waals surface area contributed by atoms with E-state index in [2.05, 4.69) is 24.4 Å². The molecule has 0 spiro atoms. The van der Waals surface area contributed by atoms with Crippen molar-refractivity contribution in [1.29, 1.82) is 0 Å². The summed E-state index contributed by atoms with van der Waals surface area (Å²) in [5.41, 5.74) is 6.14. The van der Waals surface area contributed by atoms with E-state index in [4.69, 9.17) is 5.73 Å². The largest absolute Gasteiger partial charge is 0.328 e. The van der Waals surface area contributed by atoms with E-state index in [0.717, 1.165) is 12.8 Å². The molecule has 1 nitrogen and oxygen atoms in total. The molecule has 1 rings (SSSR count). The minimum Gasteiger partial charge on any atom is -0.328 e. The molecule has 0 fully saturated rings. The van der Waals surface area contributed by atoms with Crippen LogP contribution in [0.5, 0.6) is 0 Å². The minimum atomic E-state index is 0.406. The highest BCUT2D eigenvalue weighted by Crippen LogP contribution is 2.14. The molecule has 0 bridgehead atoms. The van der Waals surface area contributed by atoms with Crippen LogP contribution in [0.1, 0.15) is 63.2 Å². The molecule has 1 aromatic heterocycles. The lowest BCUT2D eigenvalue weighted by molar-refractivity contribution is 0.513. The van der Waals surface area contributed by atoms with Gasteiger partial charge >= 0.3 is 0 Å². The lowest BCUT2D eigenvalue weighted by atomic mass is 10.0. The standard InChI is InChI=1S/C15H27NS/c1-2-3-4-5-6-7-9-14(16)11-12-15-10-8-13-17-15/h8,10,13-14H,2-7,9,11-12,16H2,1H3. The first-order valence-electron chi connectivity index (χ1n) is 7.11. The van der Waals surface area contributed by atoms with Crippen LogP contribution in [-0.4, -0.2) is 6.04 Å². The van der Waals surface area contributed by atoms with Gasteiger partial charge in [0.1, 0.15) is 0 Å². The summed E-state index contributed by atoms with van der Waals surface area (Å²) in [6.45, 7) is 2.26. The van der Waals surface area contributed by atoms with Crippen LogP contribution in [0.15, 0.2) is 17.5 Å². The Hall–Kier alpha value is -0.340. The number of hydrogen-bond acceptors (Lipinski definition) is 2. The lowest BCUT2D eigenvalue weighted by Gasteiger charge is -2.10. The Bertz CT molecular complexity index is 256. The minimum absolute atomic E-state index is 0.406. The van der Waals surface area contributed by atoms with Crippen molar-refractivity contribution in [2.24, 2.45) is 5.73 Å². The van der Waals surface area contributed by atoms with Gasteiger partial charge in [-0.05, 0) is 30.7 Å². The monoisotopic (exact) mass is 253 g/mol. The topological polar surface area (TPSA) is 26.0 Å². The molecule has 2 N–H and O–H groups in total. The Morgan fingerprint density at radius 3 is 2.59 bits per heavy atom. The number of hydrogen-bond donors (Lipinski definition) is 1. The summed E-state index contributed by atoms with van der Waals surface area (Å²) in [5.74, 6) is 0. The molecule has 1 aromatic rings. The van der Waals surface area contributed by atoms with Crippen LogP contribution in [0.3, 0.4) is 0 Å². The van der Waals surface area contributed by atoms with Crippen LogP contribution in [0, 0.1) is 0 Å². The van der Waals surface area contributed by atoms with Crippen LogP contribution in [-0.2, 0) is 6.42 Å². The van der Waals surface area contributed by atoms with Crippen LogP contribution in [0.2, 0.25) is 0 Å². The Balaban J connectivity index is 1.92. The molecule has 0 radical (unpaired) electrons. The highest BCUT2D eigenvalue weighted by Gasteiger charge is 2.03. The second kappa shape index (κ2) is 9.67.